The van der Waals surface area contributed by atoms with Crippen molar-refractivity contribution in [2.45, 2.75) is 77.7 Å². The second-order valence-electron chi connectivity index (χ2n) is 9.10. The van der Waals surface area contributed by atoms with Crippen LogP contribution in [0.5, 0.6) is 5.75 Å². The van der Waals surface area contributed by atoms with Gasteiger partial charge in [0.05, 0.1) is 6.54 Å². The number of aromatic hydroxyl groups is 1. The quantitative estimate of drug-likeness (QED) is 0.799. The number of hydrogen-bond donors (Lipinski definition) is 2. The van der Waals surface area contributed by atoms with Crippen molar-refractivity contribution in [3.05, 3.63) is 28.8 Å². The Labute approximate surface area is 147 Å². The molecule has 0 aliphatic carbocycles. The van der Waals surface area contributed by atoms with E-state index in [4.69, 9.17) is 0 Å². The van der Waals surface area contributed by atoms with Gasteiger partial charge < -0.3 is 10.4 Å². The first-order valence-corrected chi connectivity index (χ1v) is 9.20. The first-order chi connectivity index (χ1) is 11.1. The summed E-state index contributed by atoms with van der Waals surface area (Å²) in [6.45, 7) is 14.9. The first kappa shape index (κ1) is 19.0. The van der Waals surface area contributed by atoms with E-state index in [1.807, 2.05) is 6.21 Å². The van der Waals surface area contributed by atoms with Crippen LogP contribution in [0.1, 0.15) is 77.5 Å². The van der Waals surface area contributed by atoms with E-state index >= 15 is 0 Å². The zero-order valence-corrected chi connectivity index (χ0v) is 16.2. The lowest BCUT2D eigenvalue weighted by molar-refractivity contribution is 0.408. The highest BCUT2D eigenvalue weighted by molar-refractivity contribution is 5.85. The van der Waals surface area contributed by atoms with Gasteiger partial charge in [0.1, 0.15) is 5.75 Å². The SMILES string of the molecule is CC(C)(C)c1cc(C=NCC2CCCCN2)c(O)c(C(C)(C)C)c1. The summed E-state index contributed by atoms with van der Waals surface area (Å²) in [6.07, 6.45) is 5.60. The van der Waals surface area contributed by atoms with Crippen LogP contribution >= 0.6 is 0 Å². The molecule has 1 aliphatic heterocycles. The molecule has 1 atom stereocenters. The first-order valence-electron chi connectivity index (χ1n) is 9.20. The number of nitrogens with zero attached hydrogens (tertiary/aromatic N) is 1. The molecular weight excluding hydrogens is 296 g/mol. The highest BCUT2D eigenvalue weighted by Crippen LogP contribution is 2.37. The molecule has 1 aliphatic rings. The smallest absolute Gasteiger partial charge is 0.128 e. The number of rotatable bonds is 3. The van der Waals surface area contributed by atoms with Crippen molar-refractivity contribution in [1.82, 2.24) is 5.32 Å². The highest BCUT2D eigenvalue weighted by atomic mass is 16.3. The average Bonchev–Trinajstić information content (AvgIpc) is 2.47. The Kier molecular flexibility index (Phi) is 5.74. The summed E-state index contributed by atoms with van der Waals surface area (Å²) in [6, 6.07) is 4.71. The summed E-state index contributed by atoms with van der Waals surface area (Å²) in [5.74, 6) is 0.371. The van der Waals surface area contributed by atoms with Crippen molar-refractivity contribution >= 4 is 6.21 Å². The maximum absolute atomic E-state index is 10.7. The van der Waals surface area contributed by atoms with Crippen molar-refractivity contribution in [3.63, 3.8) is 0 Å². The molecule has 1 heterocycles. The van der Waals surface area contributed by atoms with Gasteiger partial charge in [0, 0.05) is 23.4 Å². The molecule has 0 saturated carbocycles. The molecule has 1 unspecified atom stereocenters. The van der Waals surface area contributed by atoms with E-state index in [-0.39, 0.29) is 10.8 Å². The van der Waals surface area contributed by atoms with Gasteiger partial charge >= 0.3 is 0 Å². The van der Waals surface area contributed by atoms with Gasteiger partial charge in [0.25, 0.3) is 0 Å². The third-order valence-electron chi connectivity index (χ3n) is 4.78. The Bertz CT molecular complexity index is 585. The largest absolute Gasteiger partial charge is 0.507 e. The summed E-state index contributed by atoms with van der Waals surface area (Å²) < 4.78 is 0. The van der Waals surface area contributed by atoms with Crippen molar-refractivity contribution in [1.29, 1.82) is 0 Å². The third-order valence-corrected chi connectivity index (χ3v) is 4.78. The van der Waals surface area contributed by atoms with Gasteiger partial charge in [-0.3, -0.25) is 4.99 Å². The minimum Gasteiger partial charge on any atom is -0.507 e. The predicted molar refractivity (Wildman–Crippen MR) is 104 cm³/mol. The van der Waals surface area contributed by atoms with E-state index < -0.39 is 0 Å². The summed E-state index contributed by atoms with van der Waals surface area (Å²) in [7, 11) is 0. The van der Waals surface area contributed by atoms with Gasteiger partial charge in [0.2, 0.25) is 0 Å². The normalized spacial score (nSPS) is 19.8. The van der Waals surface area contributed by atoms with E-state index in [0.29, 0.717) is 11.8 Å². The van der Waals surface area contributed by atoms with Crippen molar-refractivity contribution in [2.24, 2.45) is 4.99 Å². The number of phenolic OH excluding ortho intramolecular Hbond substituents is 1. The van der Waals surface area contributed by atoms with E-state index in [9.17, 15) is 5.11 Å². The summed E-state index contributed by atoms with van der Waals surface area (Å²) in [5.41, 5.74) is 3.01. The fourth-order valence-electron chi connectivity index (χ4n) is 3.12. The van der Waals surface area contributed by atoms with Crippen LogP contribution in [0.4, 0.5) is 0 Å². The Balaban J connectivity index is 2.30. The van der Waals surface area contributed by atoms with Gasteiger partial charge in [0.15, 0.2) is 0 Å². The van der Waals surface area contributed by atoms with Crippen LogP contribution in [0.3, 0.4) is 0 Å². The molecule has 1 aromatic carbocycles. The minimum atomic E-state index is -0.0984. The molecule has 0 bridgehead atoms. The second kappa shape index (κ2) is 7.26. The summed E-state index contributed by atoms with van der Waals surface area (Å²) >= 11 is 0. The molecule has 2 rings (SSSR count). The molecule has 1 fully saturated rings. The Morgan fingerprint density at radius 2 is 1.83 bits per heavy atom. The van der Waals surface area contributed by atoms with Gasteiger partial charge in [-0.25, -0.2) is 0 Å². The molecule has 0 amide bonds. The van der Waals surface area contributed by atoms with Crippen LogP contribution in [-0.2, 0) is 10.8 Å². The number of hydrogen-bond acceptors (Lipinski definition) is 3. The molecule has 1 saturated heterocycles. The maximum atomic E-state index is 10.7. The summed E-state index contributed by atoms with van der Waals surface area (Å²) in [4.78, 5) is 4.62. The van der Waals surface area contributed by atoms with Crippen LogP contribution in [0.15, 0.2) is 17.1 Å². The number of aliphatic imine (C=N–C) groups is 1. The number of phenols is 1. The highest BCUT2D eigenvalue weighted by Gasteiger charge is 2.24. The lowest BCUT2D eigenvalue weighted by atomic mass is 9.79. The van der Waals surface area contributed by atoms with Crippen LogP contribution in [0, 0.1) is 0 Å². The Hall–Kier alpha value is -1.35. The molecule has 0 spiro atoms. The van der Waals surface area contributed by atoms with Crippen molar-refractivity contribution in [3.8, 4) is 5.75 Å². The number of piperidine rings is 1. The molecule has 3 heteroatoms. The maximum Gasteiger partial charge on any atom is 0.128 e. The molecular formula is C21H34N2O. The van der Waals surface area contributed by atoms with Crippen LogP contribution in [-0.4, -0.2) is 30.5 Å². The van der Waals surface area contributed by atoms with Crippen LogP contribution in [0.2, 0.25) is 0 Å². The van der Waals surface area contributed by atoms with E-state index in [0.717, 1.165) is 24.2 Å². The van der Waals surface area contributed by atoms with E-state index in [1.54, 1.807) is 0 Å². The lowest BCUT2D eigenvalue weighted by Gasteiger charge is -2.27. The Morgan fingerprint density at radius 1 is 1.12 bits per heavy atom. The van der Waals surface area contributed by atoms with Gasteiger partial charge in [-0.1, -0.05) is 54.0 Å². The fraction of sp³-hybridized carbons (Fsp3) is 0.667. The molecule has 134 valence electrons. The van der Waals surface area contributed by atoms with Crippen LogP contribution < -0.4 is 5.32 Å². The van der Waals surface area contributed by atoms with Gasteiger partial charge in [-0.2, -0.15) is 0 Å². The van der Waals surface area contributed by atoms with Crippen LogP contribution in [0.25, 0.3) is 0 Å². The molecule has 3 nitrogen and oxygen atoms in total. The molecule has 0 aromatic heterocycles. The molecule has 1 aromatic rings. The number of benzene rings is 1. The third kappa shape index (κ3) is 4.83. The molecule has 24 heavy (non-hydrogen) atoms. The Morgan fingerprint density at radius 3 is 2.38 bits per heavy atom. The predicted octanol–water partition coefficient (Wildman–Crippen LogP) is 4.55. The average molecular weight is 331 g/mol. The lowest BCUT2D eigenvalue weighted by Crippen LogP contribution is -2.36. The topological polar surface area (TPSA) is 44.6 Å². The van der Waals surface area contributed by atoms with Crippen molar-refractivity contribution in [2.75, 3.05) is 13.1 Å². The standard InChI is InChI=1S/C21H34N2O/c1-20(2,3)16-11-15(19(24)18(12-16)21(4,5)6)13-22-14-17-9-7-8-10-23-17/h11-13,17,23-24H,7-10,14H2,1-6H3. The number of nitrogens with one attached hydrogen (secondary N) is 1. The monoisotopic (exact) mass is 330 g/mol. The second-order valence-corrected chi connectivity index (χ2v) is 9.10. The minimum absolute atomic E-state index is 0.0429. The van der Waals surface area contributed by atoms with E-state index in [2.05, 4.69) is 64.0 Å². The zero-order chi connectivity index (χ0) is 18.0. The molecule has 0 radical (unpaired) electrons. The summed E-state index contributed by atoms with van der Waals surface area (Å²) in [5, 5.41) is 14.3. The van der Waals surface area contributed by atoms with Crippen molar-refractivity contribution < 1.29 is 5.11 Å². The zero-order valence-electron chi connectivity index (χ0n) is 16.2. The van der Waals surface area contributed by atoms with Gasteiger partial charge in [-0.15, -0.1) is 0 Å². The molecule has 2 N–H and O–H groups in total. The van der Waals surface area contributed by atoms with E-state index in [1.165, 1.54) is 24.8 Å². The fourth-order valence-corrected chi connectivity index (χ4v) is 3.12. The van der Waals surface area contributed by atoms with Gasteiger partial charge in [-0.05, 0) is 41.8 Å².